The first-order valence-corrected chi connectivity index (χ1v) is 7.59. The maximum Gasteiger partial charge on any atom is 0.224 e. The number of amides is 1. The molecule has 1 aromatic rings. The third-order valence-corrected chi connectivity index (χ3v) is 4.40. The zero-order chi connectivity index (χ0) is 13.9. The normalized spacial score (nSPS) is 17.6. The van der Waals surface area contributed by atoms with E-state index >= 15 is 0 Å². The Hall–Kier alpha value is -0.580. The van der Waals surface area contributed by atoms with E-state index in [4.69, 9.17) is 0 Å². The summed E-state index contributed by atoms with van der Waals surface area (Å²) < 4.78 is 1.06. The van der Waals surface area contributed by atoms with E-state index in [0.29, 0.717) is 6.54 Å². The van der Waals surface area contributed by atoms with Gasteiger partial charge >= 0.3 is 0 Å². The number of rotatable bonds is 5. The maximum absolute atomic E-state index is 12.2. The molecular weight excluding hydrogens is 340 g/mol. The predicted octanol–water partition coefficient (Wildman–Crippen LogP) is 3.22. The van der Waals surface area contributed by atoms with Crippen molar-refractivity contribution in [2.45, 2.75) is 31.7 Å². The largest absolute Gasteiger partial charge is 0.346 e. The van der Waals surface area contributed by atoms with Gasteiger partial charge in [-0.3, -0.25) is 4.79 Å². The molecule has 1 aliphatic rings. The lowest BCUT2D eigenvalue weighted by Gasteiger charge is -2.43. The van der Waals surface area contributed by atoms with Gasteiger partial charge in [-0.05, 0) is 44.0 Å². The second kappa shape index (κ2) is 7.43. The standard InChI is InChI=1S/C15H21BrN2O.ClH/c1-11(10-17-2)14(19)18-15(7-4-8-15)12-5-3-6-13(16)9-12;/h3,5-6,9,11,17H,4,7-8,10H2,1-2H3,(H,18,19);1H. The van der Waals surface area contributed by atoms with Gasteiger partial charge in [0, 0.05) is 16.9 Å². The minimum atomic E-state index is -0.150. The van der Waals surface area contributed by atoms with Crippen LogP contribution in [0.3, 0.4) is 0 Å². The van der Waals surface area contributed by atoms with Crippen LogP contribution >= 0.6 is 28.3 Å². The van der Waals surface area contributed by atoms with Crippen molar-refractivity contribution in [2.24, 2.45) is 5.92 Å². The summed E-state index contributed by atoms with van der Waals surface area (Å²) in [6, 6.07) is 8.26. The molecule has 1 aromatic carbocycles. The number of halogens is 2. The molecule has 0 saturated heterocycles. The first-order chi connectivity index (χ1) is 9.07. The zero-order valence-corrected chi connectivity index (χ0v) is 14.3. The number of hydrogen-bond acceptors (Lipinski definition) is 2. The maximum atomic E-state index is 12.2. The van der Waals surface area contributed by atoms with Gasteiger partial charge in [0.25, 0.3) is 0 Å². The molecule has 1 fully saturated rings. The number of benzene rings is 1. The average Bonchev–Trinajstić information content (AvgIpc) is 2.33. The molecule has 0 bridgehead atoms. The van der Waals surface area contributed by atoms with Crippen LogP contribution in [0, 0.1) is 5.92 Å². The summed E-state index contributed by atoms with van der Waals surface area (Å²) in [6.45, 7) is 2.67. The number of nitrogens with one attached hydrogen (secondary N) is 2. The van der Waals surface area contributed by atoms with Crippen molar-refractivity contribution in [3.63, 3.8) is 0 Å². The van der Waals surface area contributed by atoms with Crippen LogP contribution in [-0.2, 0) is 10.3 Å². The van der Waals surface area contributed by atoms with Gasteiger partial charge in [-0.25, -0.2) is 0 Å². The molecule has 5 heteroatoms. The van der Waals surface area contributed by atoms with Gasteiger partial charge in [0.2, 0.25) is 5.91 Å². The highest BCUT2D eigenvalue weighted by atomic mass is 79.9. The van der Waals surface area contributed by atoms with E-state index in [1.54, 1.807) is 0 Å². The summed E-state index contributed by atoms with van der Waals surface area (Å²) in [5.74, 6) is 0.128. The van der Waals surface area contributed by atoms with Crippen LogP contribution in [0.1, 0.15) is 31.7 Å². The Labute approximate surface area is 135 Å². The Kier molecular flexibility index (Phi) is 6.49. The van der Waals surface area contributed by atoms with Gasteiger partial charge in [-0.1, -0.05) is 35.0 Å². The quantitative estimate of drug-likeness (QED) is 0.845. The predicted molar refractivity (Wildman–Crippen MR) is 88.2 cm³/mol. The van der Waals surface area contributed by atoms with Gasteiger partial charge < -0.3 is 10.6 Å². The number of carbonyl (C=O) groups is 1. The fraction of sp³-hybridized carbons (Fsp3) is 0.533. The summed E-state index contributed by atoms with van der Waals surface area (Å²) >= 11 is 3.51. The Morgan fingerprint density at radius 1 is 1.45 bits per heavy atom. The van der Waals surface area contributed by atoms with Gasteiger partial charge in [-0.2, -0.15) is 0 Å². The molecule has 1 saturated carbocycles. The van der Waals surface area contributed by atoms with Gasteiger partial charge in [0.15, 0.2) is 0 Å². The van der Waals surface area contributed by atoms with Gasteiger partial charge in [0.1, 0.15) is 0 Å². The molecule has 1 amide bonds. The highest BCUT2D eigenvalue weighted by molar-refractivity contribution is 9.10. The topological polar surface area (TPSA) is 41.1 Å². The smallest absolute Gasteiger partial charge is 0.224 e. The Bertz CT molecular complexity index is 463. The van der Waals surface area contributed by atoms with Gasteiger partial charge in [-0.15, -0.1) is 12.4 Å². The number of carbonyl (C=O) groups excluding carboxylic acids is 1. The zero-order valence-electron chi connectivity index (χ0n) is 11.9. The highest BCUT2D eigenvalue weighted by Gasteiger charge is 2.40. The third kappa shape index (κ3) is 3.74. The van der Waals surface area contributed by atoms with Crippen molar-refractivity contribution in [2.75, 3.05) is 13.6 Å². The number of hydrogen-bond donors (Lipinski definition) is 2. The molecular formula is C15H22BrClN2O. The highest BCUT2D eigenvalue weighted by Crippen LogP contribution is 2.42. The van der Waals surface area contributed by atoms with Crippen LogP contribution in [0.15, 0.2) is 28.7 Å². The Balaban J connectivity index is 0.00000200. The van der Waals surface area contributed by atoms with E-state index in [2.05, 4.69) is 38.7 Å². The molecule has 1 unspecified atom stereocenters. The fourth-order valence-corrected chi connectivity index (χ4v) is 2.96. The molecule has 0 aliphatic heterocycles. The van der Waals surface area contributed by atoms with Crippen molar-refractivity contribution in [3.8, 4) is 0 Å². The van der Waals surface area contributed by atoms with Crippen LogP contribution < -0.4 is 10.6 Å². The summed E-state index contributed by atoms with van der Waals surface area (Å²) in [5, 5.41) is 6.31. The van der Waals surface area contributed by atoms with Crippen LogP contribution in [-0.4, -0.2) is 19.5 Å². The van der Waals surface area contributed by atoms with E-state index in [9.17, 15) is 4.79 Å². The molecule has 0 heterocycles. The lowest BCUT2D eigenvalue weighted by molar-refractivity contribution is -0.127. The molecule has 112 valence electrons. The molecule has 0 spiro atoms. The summed E-state index contributed by atoms with van der Waals surface area (Å²) in [7, 11) is 1.87. The third-order valence-electron chi connectivity index (χ3n) is 3.90. The van der Waals surface area contributed by atoms with Crippen molar-refractivity contribution >= 4 is 34.2 Å². The van der Waals surface area contributed by atoms with Crippen molar-refractivity contribution in [1.29, 1.82) is 0 Å². The Morgan fingerprint density at radius 2 is 2.15 bits per heavy atom. The SMILES string of the molecule is CNCC(C)C(=O)NC1(c2cccc(Br)c2)CCC1.Cl. The molecule has 20 heavy (non-hydrogen) atoms. The minimum Gasteiger partial charge on any atom is -0.346 e. The molecule has 1 atom stereocenters. The van der Waals surface area contributed by atoms with Crippen molar-refractivity contribution in [3.05, 3.63) is 34.3 Å². The lowest BCUT2D eigenvalue weighted by atomic mass is 9.71. The fourth-order valence-electron chi connectivity index (χ4n) is 2.56. The van der Waals surface area contributed by atoms with E-state index in [1.165, 1.54) is 12.0 Å². The molecule has 2 rings (SSSR count). The average molecular weight is 362 g/mol. The molecule has 0 aromatic heterocycles. The summed E-state index contributed by atoms with van der Waals surface area (Å²) in [6.07, 6.45) is 3.23. The van der Waals surface area contributed by atoms with Crippen molar-refractivity contribution < 1.29 is 4.79 Å². The second-order valence-corrected chi connectivity index (χ2v) is 6.31. The first-order valence-electron chi connectivity index (χ1n) is 6.80. The summed E-state index contributed by atoms with van der Waals surface area (Å²) in [5.41, 5.74) is 1.06. The molecule has 1 aliphatic carbocycles. The van der Waals surface area contributed by atoms with Crippen LogP contribution in [0.5, 0.6) is 0 Å². The van der Waals surface area contributed by atoms with Crippen molar-refractivity contribution in [1.82, 2.24) is 10.6 Å². The monoisotopic (exact) mass is 360 g/mol. The van der Waals surface area contributed by atoms with E-state index < -0.39 is 0 Å². The Morgan fingerprint density at radius 3 is 2.65 bits per heavy atom. The van der Waals surface area contributed by atoms with E-state index in [1.807, 2.05) is 26.1 Å². The first kappa shape index (κ1) is 17.5. The van der Waals surface area contributed by atoms with Crippen LogP contribution in [0.25, 0.3) is 0 Å². The van der Waals surface area contributed by atoms with E-state index in [-0.39, 0.29) is 29.8 Å². The van der Waals surface area contributed by atoms with Crippen LogP contribution in [0.4, 0.5) is 0 Å². The second-order valence-electron chi connectivity index (χ2n) is 5.39. The van der Waals surface area contributed by atoms with Crippen LogP contribution in [0.2, 0.25) is 0 Å². The molecule has 3 nitrogen and oxygen atoms in total. The van der Waals surface area contributed by atoms with Gasteiger partial charge in [0.05, 0.1) is 5.54 Å². The minimum absolute atomic E-state index is 0. The lowest BCUT2D eigenvalue weighted by Crippen LogP contribution is -2.53. The molecule has 2 N–H and O–H groups in total. The molecule has 0 radical (unpaired) electrons. The van der Waals surface area contributed by atoms with E-state index in [0.717, 1.165) is 17.3 Å². The summed E-state index contributed by atoms with van der Waals surface area (Å²) in [4.78, 5) is 12.2.